The van der Waals surface area contributed by atoms with Crippen molar-refractivity contribution in [1.29, 1.82) is 0 Å². The van der Waals surface area contributed by atoms with Gasteiger partial charge in [-0.15, -0.1) is 0 Å². The Bertz CT molecular complexity index is 1910. The standard InChI is InChI=1S/C24H20Ge2O.2C14H15Ge/c1-5-13-21(14-6-1)25(22-15-7-2-8-16-22)27-26(23-17-9-3-10-18-23)24-19-11-4-12-20-24;2*1-2-15(13-9-5-3-6-10-13)14-11-7-4-8-12-14/h1-20H;2*3-12H,2H2,1H3. The fraction of sp³-hybridized carbons (Fsp3) is 0.0769. The van der Waals surface area contributed by atoms with Gasteiger partial charge < -0.3 is 0 Å². The normalized spacial score (nSPS) is 10.8. The van der Waals surface area contributed by atoms with E-state index >= 15 is 0 Å². The minimum atomic E-state index is -2.12. The van der Waals surface area contributed by atoms with Crippen molar-refractivity contribution in [3.63, 3.8) is 0 Å². The van der Waals surface area contributed by atoms with Crippen molar-refractivity contribution in [2.24, 2.45) is 0 Å². The molecule has 57 heavy (non-hydrogen) atoms. The zero-order chi connectivity index (χ0) is 39.3. The predicted molar refractivity (Wildman–Crippen MR) is 254 cm³/mol. The Morgan fingerprint density at radius 1 is 0.246 bits per heavy atom. The summed E-state index contributed by atoms with van der Waals surface area (Å²) in [6.07, 6.45) is 0. The molecule has 8 rings (SSSR count). The van der Waals surface area contributed by atoms with E-state index in [9.17, 15) is 0 Å². The Labute approximate surface area is 360 Å². The van der Waals surface area contributed by atoms with Crippen LogP contribution in [0.4, 0.5) is 0 Å². The first kappa shape index (κ1) is 42.5. The monoisotopic (exact) mass is 986 g/mol. The van der Waals surface area contributed by atoms with Crippen LogP contribution in [0, 0.1) is 0 Å². The Morgan fingerprint density at radius 2 is 0.404 bits per heavy atom. The quantitative estimate of drug-likeness (QED) is 0.118. The van der Waals surface area contributed by atoms with Crippen LogP contribution in [0.5, 0.6) is 0 Å². The van der Waals surface area contributed by atoms with E-state index in [0.717, 1.165) is 0 Å². The molecule has 4 radical (unpaired) electrons. The number of hydrogen-bond donors (Lipinski definition) is 0. The van der Waals surface area contributed by atoms with Crippen LogP contribution in [0.1, 0.15) is 13.8 Å². The molecule has 0 atom stereocenters. The van der Waals surface area contributed by atoms with Crippen LogP contribution in [-0.4, -0.2) is 58.1 Å². The van der Waals surface area contributed by atoms with E-state index in [2.05, 4.69) is 257 Å². The second-order valence-corrected chi connectivity index (χ2v) is 35.4. The summed E-state index contributed by atoms with van der Waals surface area (Å²) in [6.45, 7) is 4.63. The Hall–Kier alpha value is -4.11. The van der Waals surface area contributed by atoms with Crippen LogP contribution in [0.2, 0.25) is 10.5 Å². The van der Waals surface area contributed by atoms with Gasteiger partial charge in [-0.05, 0) is 0 Å². The summed E-state index contributed by atoms with van der Waals surface area (Å²) >= 11 is -6.68. The maximum absolute atomic E-state index is 7.13. The summed E-state index contributed by atoms with van der Waals surface area (Å²) < 4.78 is 18.9. The van der Waals surface area contributed by atoms with Gasteiger partial charge >= 0.3 is 363 Å². The minimum absolute atomic E-state index is 1.22. The van der Waals surface area contributed by atoms with Crippen molar-refractivity contribution in [2.75, 3.05) is 0 Å². The molecule has 0 spiro atoms. The van der Waals surface area contributed by atoms with Crippen LogP contribution in [0.15, 0.2) is 243 Å². The van der Waals surface area contributed by atoms with Gasteiger partial charge in [-0.3, -0.25) is 0 Å². The molecule has 1 nitrogen and oxygen atoms in total. The first-order valence-electron chi connectivity index (χ1n) is 19.8. The van der Waals surface area contributed by atoms with E-state index < -0.39 is 58.1 Å². The van der Waals surface area contributed by atoms with Gasteiger partial charge in [0.25, 0.3) is 0 Å². The Morgan fingerprint density at radius 3 is 0.561 bits per heavy atom. The van der Waals surface area contributed by atoms with Crippen LogP contribution in [0.3, 0.4) is 0 Å². The van der Waals surface area contributed by atoms with Crippen molar-refractivity contribution < 1.29 is 2.79 Å². The molecule has 0 heterocycles. The van der Waals surface area contributed by atoms with Crippen molar-refractivity contribution in [3.8, 4) is 0 Å². The summed E-state index contributed by atoms with van der Waals surface area (Å²) in [5, 5.41) is 2.63. The molecule has 0 bridgehead atoms. The molecule has 280 valence electrons. The van der Waals surface area contributed by atoms with Crippen molar-refractivity contribution in [2.45, 2.75) is 24.4 Å². The van der Waals surface area contributed by atoms with Crippen LogP contribution in [-0.2, 0) is 2.79 Å². The first-order valence-corrected chi connectivity index (χ1v) is 32.9. The van der Waals surface area contributed by atoms with Gasteiger partial charge in [-0.1, -0.05) is 0 Å². The van der Waals surface area contributed by atoms with Crippen LogP contribution >= 0.6 is 0 Å². The van der Waals surface area contributed by atoms with Gasteiger partial charge in [0.15, 0.2) is 0 Å². The van der Waals surface area contributed by atoms with E-state index in [1.54, 1.807) is 17.6 Å². The molecule has 0 aliphatic rings. The molecule has 0 amide bonds. The molecule has 0 saturated carbocycles. The SMILES string of the molecule is C[CH2][Ge]([c]1ccccc1)[c]1ccccc1.C[CH2][Ge]([c]1ccccc1)[c]1ccccc1.c1cc[c]([Ge]([O][Ge]([c]2ccccc2)[c]2ccccc2)[c]2ccccc2)cc1. The van der Waals surface area contributed by atoms with Crippen molar-refractivity contribution in [1.82, 2.24) is 0 Å². The summed E-state index contributed by atoms with van der Waals surface area (Å²) in [5.74, 6) is 0. The zero-order valence-electron chi connectivity index (χ0n) is 32.9. The third-order valence-corrected chi connectivity index (χ3v) is 33.7. The molecule has 0 aliphatic carbocycles. The summed E-state index contributed by atoms with van der Waals surface area (Å²) in [7, 11) is 0. The van der Waals surface area contributed by atoms with E-state index in [0.29, 0.717) is 0 Å². The Balaban J connectivity index is 0.000000156. The fourth-order valence-corrected chi connectivity index (χ4v) is 30.9. The van der Waals surface area contributed by atoms with E-state index in [1.807, 2.05) is 0 Å². The predicted octanol–water partition coefficient (Wildman–Crippen LogP) is 7.25. The van der Waals surface area contributed by atoms with Gasteiger partial charge in [0, 0.05) is 0 Å². The second kappa shape index (κ2) is 24.0. The summed E-state index contributed by atoms with van der Waals surface area (Å²) in [6, 6.07) is 87.0. The molecule has 0 aromatic heterocycles. The molecule has 0 saturated heterocycles. The average Bonchev–Trinajstić information content (AvgIpc) is 3.30. The fourth-order valence-electron chi connectivity index (χ4n) is 6.74. The zero-order valence-corrected chi connectivity index (χ0v) is 41.3. The molecule has 0 fully saturated rings. The number of benzene rings is 8. The van der Waals surface area contributed by atoms with Gasteiger partial charge in [0.05, 0.1) is 0 Å². The molecule has 0 unspecified atom stereocenters. The van der Waals surface area contributed by atoms with Gasteiger partial charge in [-0.2, -0.15) is 0 Å². The molecule has 5 heteroatoms. The first-order chi connectivity index (χ1) is 28.2. The van der Waals surface area contributed by atoms with Gasteiger partial charge in [0.1, 0.15) is 0 Å². The molecular formula is C52H50Ge4O. The molecule has 8 aromatic carbocycles. The number of hydrogen-bond acceptors (Lipinski definition) is 1. The maximum atomic E-state index is 7.13. The number of rotatable bonds is 12. The Kier molecular flexibility index (Phi) is 17.9. The molecule has 8 aromatic rings. The molecule has 0 aliphatic heterocycles. The average molecular weight is 981 g/mol. The van der Waals surface area contributed by atoms with Crippen LogP contribution < -0.4 is 35.2 Å². The van der Waals surface area contributed by atoms with E-state index in [1.165, 1.54) is 28.1 Å². The van der Waals surface area contributed by atoms with E-state index in [4.69, 9.17) is 2.79 Å². The molecule has 0 N–H and O–H groups in total. The molecular weight excluding hydrogens is 931 g/mol. The second-order valence-electron chi connectivity index (χ2n) is 13.4. The van der Waals surface area contributed by atoms with Gasteiger partial charge in [0.2, 0.25) is 0 Å². The topological polar surface area (TPSA) is 9.23 Å². The third kappa shape index (κ3) is 12.9. The van der Waals surface area contributed by atoms with Gasteiger partial charge in [-0.25, -0.2) is 0 Å². The van der Waals surface area contributed by atoms with Crippen LogP contribution in [0.25, 0.3) is 0 Å². The van der Waals surface area contributed by atoms with E-state index in [-0.39, 0.29) is 0 Å². The third-order valence-electron chi connectivity index (χ3n) is 9.54. The van der Waals surface area contributed by atoms with Crippen molar-refractivity contribution in [3.05, 3.63) is 243 Å². The summed E-state index contributed by atoms with van der Waals surface area (Å²) in [5.41, 5.74) is 0. The summed E-state index contributed by atoms with van der Waals surface area (Å²) in [4.78, 5) is 0. The van der Waals surface area contributed by atoms with Crippen molar-refractivity contribution >= 4 is 93.2 Å².